The third-order valence-electron chi connectivity index (χ3n) is 2.87. The van der Waals surface area contributed by atoms with Gasteiger partial charge in [-0.25, -0.2) is 9.37 Å². The minimum absolute atomic E-state index is 0.0806. The van der Waals surface area contributed by atoms with Gasteiger partial charge in [-0.15, -0.1) is 11.3 Å². The van der Waals surface area contributed by atoms with Gasteiger partial charge in [0.05, 0.1) is 12.7 Å². The van der Waals surface area contributed by atoms with Crippen LogP contribution >= 0.6 is 22.9 Å². The lowest BCUT2D eigenvalue weighted by Gasteiger charge is -2.24. The SMILES string of the molecule is NC1=NCC(c2ncc(Cl)s2)N1c1ccc(F)cc1. The van der Waals surface area contributed by atoms with E-state index >= 15 is 0 Å². The predicted molar refractivity (Wildman–Crippen MR) is 75.2 cm³/mol. The molecule has 7 heteroatoms. The maximum absolute atomic E-state index is 13.0. The van der Waals surface area contributed by atoms with E-state index in [1.54, 1.807) is 18.3 Å². The number of rotatable bonds is 2. The fraction of sp³-hybridized carbons (Fsp3) is 0.167. The minimum Gasteiger partial charge on any atom is -0.369 e. The number of hydrogen-bond acceptors (Lipinski definition) is 5. The van der Waals surface area contributed by atoms with Crippen molar-refractivity contribution in [3.63, 3.8) is 0 Å². The van der Waals surface area contributed by atoms with Crippen molar-refractivity contribution in [3.8, 4) is 0 Å². The Balaban J connectivity index is 1.96. The van der Waals surface area contributed by atoms with Crippen molar-refractivity contribution in [2.45, 2.75) is 6.04 Å². The van der Waals surface area contributed by atoms with Gasteiger partial charge < -0.3 is 10.6 Å². The predicted octanol–water partition coefficient (Wildman–Crippen LogP) is 2.81. The topological polar surface area (TPSA) is 54.5 Å². The lowest BCUT2D eigenvalue weighted by molar-refractivity contribution is 0.627. The molecule has 2 aromatic rings. The molecule has 1 aliphatic rings. The van der Waals surface area contributed by atoms with Gasteiger partial charge >= 0.3 is 0 Å². The molecule has 0 bridgehead atoms. The number of aromatic nitrogens is 1. The van der Waals surface area contributed by atoms with E-state index in [4.69, 9.17) is 17.3 Å². The monoisotopic (exact) mass is 296 g/mol. The van der Waals surface area contributed by atoms with E-state index in [1.807, 2.05) is 4.90 Å². The Kier molecular flexibility index (Phi) is 3.12. The number of aliphatic imine (C=N–C) groups is 1. The maximum atomic E-state index is 13.0. The highest BCUT2D eigenvalue weighted by molar-refractivity contribution is 7.15. The Labute approximate surface area is 118 Å². The summed E-state index contributed by atoms with van der Waals surface area (Å²) in [5.74, 6) is 0.121. The van der Waals surface area contributed by atoms with Crippen molar-refractivity contribution in [2.75, 3.05) is 11.4 Å². The second-order valence-electron chi connectivity index (χ2n) is 4.06. The Morgan fingerprint density at radius 1 is 1.37 bits per heavy atom. The van der Waals surface area contributed by atoms with E-state index < -0.39 is 0 Å². The van der Waals surface area contributed by atoms with Crippen LogP contribution in [0.15, 0.2) is 35.5 Å². The summed E-state index contributed by atoms with van der Waals surface area (Å²) in [6.45, 7) is 0.521. The van der Waals surface area contributed by atoms with Gasteiger partial charge in [-0.1, -0.05) is 11.6 Å². The fourth-order valence-corrected chi connectivity index (χ4v) is 3.03. The molecule has 98 valence electrons. The molecule has 2 N–H and O–H groups in total. The summed E-state index contributed by atoms with van der Waals surface area (Å²) in [4.78, 5) is 10.3. The van der Waals surface area contributed by atoms with Gasteiger partial charge in [0.1, 0.15) is 21.2 Å². The van der Waals surface area contributed by atoms with Crippen molar-refractivity contribution in [2.24, 2.45) is 10.7 Å². The molecular weight excluding hydrogens is 287 g/mol. The second kappa shape index (κ2) is 4.79. The molecule has 0 fully saturated rings. The zero-order valence-corrected chi connectivity index (χ0v) is 11.3. The average molecular weight is 297 g/mol. The van der Waals surface area contributed by atoms with Crippen LogP contribution in [0, 0.1) is 5.82 Å². The molecular formula is C12H10ClFN4S. The second-order valence-corrected chi connectivity index (χ2v) is 5.76. The van der Waals surface area contributed by atoms with Crippen molar-refractivity contribution < 1.29 is 4.39 Å². The number of guanidine groups is 1. The molecule has 0 spiro atoms. The molecule has 1 aromatic heterocycles. The van der Waals surface area contributed by atoms with Crippen molar-refractivity contribution >= 4 is 34.6 Å². The summed E-state index contributed by atoms with van der Waals surface area (Å²) < 4.78 is 13.6. The summed E-state index contributed by atoms with van der Waals surface area (Å²) in [5, 5.41) is 0.846. The molecule has 0 amide bonds. The molecule has 3 rings (SSSR count). The van der Waals surface area contributed by atoms with Gasteiger partial charge in [-0.3, -0.25) is 4.99 Å². The van der Waals surface area contributed by atoms with E-state index in [0.717, 1.165) is 10.7 Å². The number of thiazole rings is 1. The average Bonchev–Trinajstić information content (AvgIpc) is 2.97. The molecule has 0 radical (unpaired) electrons. The summed E-state index contributed by atoms with van der Waals surface area (Å²) >= 11 is 7.31. The smallest absolute Gasteiger partial charge is 0.196 e. The van der Waals surface area contributed by atoms with Crippen molar-refractivity contribution in [1.82, 2.24) is 4.98 Å². The van der Waals surface area contributed by atoms with Crippen LogP contribution in [-0.4, -0.2) is 17.5 Å². The summed E-state index contributed by atoms with van der Waals surface area (Å²) in [6.07, 6.45) is 1.61. The minimum atomic E-state index is -0.285. The number of nitrogens with two attached hydrogens (primary N) is 1. The number of nitrogens with zero attached hydrogens (tertiary/aromatic N) is 3. The highest BCUT2D eigenvalue weighted by Gasteiger charge is 2.31. The van der Waals surface area contributed by atoms with Gasteiger partial charge in [0.25, 0.3) is 0 Å². The van der Waals surface area contributed by atoms with E-state index in [-0.39, 0.29) is 11.9 Å². The van der Waals surface area contributed by atoms with Crippen LogP contribution in [0.25, 0.3) is 0 Å². The van der Waals surface area contributed by atoms with Crippen LogP contribution in [0.4, 0.5) is 10.1 Å². The van der Waals surface area contributed by atoms with Gasteiger partial charge in [0, 0.05) is 5.69 Å². The Bertz CT molecular complexity index is 625. The van der Waals surface area contributed by atoms with Crippen LogP contribution in [0.5, 0.6) is 0 Å². The molecule has 4 nitrogen and oxygen atoms in total. The molecule has 0 saturated carbocycles. The highest BCUT2D eigenvalue weighted by Crippen LogP contribution is 2.34. The summed E-state index contributed by atoms with van der Waals surface area (Å²) in [7, 11) is 0. The van der Waals surface area contributed by atoms with E-state index in [2.05, 4.69) is 9.98 Å². The number of benzene rings is 1. The molecule has 1 unspecified atom stereocenters. The Morgan fingerprint density at radius 3 is 2.74 bits per heavy atom. The maximum Gasteiger partial charge on any atom is 0.196 e. The van der Waals surface area contributed by atoms with Gasteiger partial charge in [0.2, 0.25) is 0 Å². The molecule has 1 aromatic carbocycles. The van der Waals surface area contributed by atoms with Gasteiger partial charge in [0.15, 0.2) is 5.96 Å². The lowest BCUT2D eigenvalue weighted by atomic mass is 10.2. The number of anilines is 1. The lowest BCUT2D eigenvalue weighted by Crippen LogP contribution is -2.36. The third-order valence-corrected chi connectivity index (χ3v) is 4.09. The Hall–Kier alpha value is -1.66. The van der Waals surface area contributed by atoms with Crippen LogP contribution in [0.2, 0.25) is 4.34 Å². The van der Waals surface area contributed by atoms with Gasteiger partial charge in [-0.05, 0) is 24.3 Å². The highest BCUT2D eigenvalue weighted by atomic mass is 35.5. The number of hydrogen-bond donors (Lipinski definition) is 1. The van der Waals surface area contributed by atoms with Gasteiger partial charge in [-0.2, -0.15) is 0 Å². The van der Waals surface area contributed by atoms with Crippen molar-refractivity contribution in [1.29, 1.82) is 0 Å². The van der Waals surface area contributed by atoms with Crippen LogP contribution in [0.1, 0.15) is 11.0 Å². The zero-order chi connectivity index (χ0) is 13.4. The van der Waals surface area contributed by atoms with E-state index in [1.165, 1.54) is 23.5 Å². The summed E-state index contributed by atoms with van der Waals surface area (Å²) in [6, 6.07) is 6.05. The first-order valence-electron chi connectivity index (χ1n) is 5.61. The first-order valence-corrected chi connectivity index (χ1v) is 6.80. The summed E-state index contributed by atoms with van der Waals surface area (Å²) in [5.41, 5.74) is 6.70. The molecule has 0 aliphatic carbocycles. The van der Waals surface area contributed by atoms with Crippen LogP contribution in [-0.2, 0) is 0 Å². The third kappa shape index (κ3) is 2.29. The normalized spacial score (nSPS) is 18.7. The molecule has 1 aliphatic heterocycles. The fourth-order valence-electron chi connectivity index (χ4n) is 2.02. The Morgan fingerprint density at radius 2 is 2.11 bits per heavy atom. The largest absolute Gasteiger partial charge is 0.369 e. The number of halogens is 2. The van der Waals surface area contributed by atoms with Crippen LogP contribution in [0.3, 0.4) is 0 Å². The van der Waals surface area contributed by atoms with Crippen molar-refractivity contribution in [3.05, 3.63) is 45.6 Å². The standard InChI is InChI=1S/C12H10ClFN4S/c13-10-6-16-11(19-10)9-5-17-12(15)18(9)8-3-1-7(14)2-4-8/h1-4,6,9H,5H2,(H2,15,17). The molecule has 0 saturated heterocycles. The molecule has 19 heavy (non-hydrogen) atoms. The first-order chi connectivity index (χ1) is 9.15. The molecule has 1 atom stereocenters. The molecule has 2 heterocycles. The quantitative estimate of drug-likeness (QED) is 0.927. The van der Waals surface area contributed by atoms with E-state index in [9.17, 15) is 4.39 Å². The zero-order valence-electron chi connectivity index (χ0n) is 9.75. The van der Waals surface area contributed by atoms with Crippen LogP contribution < -0.4 is 10.6 Å². The first kappa shape index (κ1) is 12.4. The van der Waals surface area contributed by atoms with E-state index in [0.29, 0.717) is 16.8 Å².